The molecule has 1 unspecified atom stereocenters. The lowest BCUT2D eigenvalue weighted by atomic mass is 9.95. The lowest BCUT2D eigenvalue weighted by Gasteiger charge is -2.25. The molecular formula is C31H34N2O8S. The summed E-state index contributed by atoms with van der Waals surface area (Å²) in [4.78, 5) is 43.5. The molecule has 3 aromatic rings. The maximum absolute atomic E-state index is 13.9. The van der Waals surface area contributed by atoms with Gasteiger partial charge in [0.1, 0.15) is 0 Å². The molecule has 0 bridgehead atoms. The Bertz CT molecular complexity index is 1700. The van der Waals surface area contributed by atoms with E-state index in [-0.39, 0.29) is 22.6 Å². The summed E-state index contributed by atoms with van der Waals surface area (Å²) in [5.74, 6) is 0.568. The van der Waals surface area contributed by atoms with Crippen LogP contribution in [0.4, 0.5) is 0 Å². The zero-order chi connectivity index (χ0) is 30.4. The summed E-state index contributed by atoms with van der Waals surface area (Å²) in [7, 11) is 4.29. The van der Waals surface area contributed by atoms with Crippen LogP contribution in [0.5, 0.6) is 23.0 Å². The van der Waals surface area contributed by atoms with Gasteiger partial charge in [0.15, 0.2) is 27.8 Å². The van der Waals surface area contributed by atoms with Gasteiger partial charge in [-0.05, 0) is 54.8 Å². The van der Waals surface area contributed by atoms with E-state index in [0.717, 1.165) is 24.8 Å². The van der Waals surface area contributed by atoms with Gasteiger partial charge in [0, 0.05) is 6.92 Å². The number of methoxy groups -OCH3 is 3. The number of nitrogens with zero attached hydrogens (tertiary/aromatic N) is 2. The minimum Gasteiger partial charge on any atom is -0.493 e. The third-order valence-corrected chi connectivity index (χ3v) is 7.66. The van der Waals surface area contributed by atoms with Gasteiger partial charge in [-0.1, -0.05) is 43.2 Å². The smallest absolute Gasteiger partial charge is 0.338 e. The average molecular weight is 595 g/mol. The molecule has 11 heteroatoms. The Morgan fingerprint density at radius 2 is 1.71 bits per heavy atom. The Morgan fingerprint density at radius 1 is 1.00 bits per heavy atom. The number of hydrogen-bond acceptors (Lipinski definition) is 10. The zero-order valence-corrected chi connectivity index (χ0v) is 25.3. The predicted molar refractivity (Wildman–Crippen MR) is 158 cm³/mol. The first kappa shape index (κ1) is 30.6. The van der Waals surface area contributed by atoms with Gasteiger partial charge in [0.05, 0.1) is 49.8 Å². The molecular weight excluding hydrogens is 560 g/mol. The van der Waals surface area contributed by atoms with Crippen molar-refractivity contribution in [2.45, 2.75) is 46.1 Å². The van der Waals surface area contributed by atoms with Crippen molar-refractivity contribution in [3.8, 4) is 23.0 Å². The normalized spacial score (nSPS) is 14.6. The van der Waals surface area contributed by atoms with E-state index in [0.29, 0.717) is 38.7 Å². The van der Waals surface area contributed by atoms with E-state index in [1.807, 2.05) is 18.2 Å². The number of rotatable bonds is 11. The number of carbonyl (C=O) groups is 2. The molecule has 1 aromatic heterocycles. The first-order chi connectivity index (χ1) is 20.2. The van der Waals surface area contributed by atoms with Crippen LogP contribution < -0.4 is 33.8 Å². The molecule has 2 aromatic carbocycles. The van der Waals surface area contributed by atoms with Gasteiger partial charge < -0.3 is 23.7 Å². The lowest BCUT2D eigenvalue weighted by Crippen LogP contribution is -2.39. The highest BCUT2D eigenvalue weighted by molar-refractivity contribution is 7.07. The molecule has 0 saturated carbocycles. The molecule has 222 valence electrons. The summed E-state index contributed by atoms with van der Waals surface area (Å²) < 4.78 is 29.1. The molecule has 0 aliphatic carbocycles. The number of aromatic nitrogens is 1. The maximum atomic E-state index is 13.9. The Labute approximate surface area is 247 Å². The summed E-state index contributed by atoms with van der Waals surface area (Å²) in [6, 6.07) is 9.51. The van der Waals surface area contributed by atoms with Crippen molar-refractivity contribution in [1.82, 2.24) is 4.57 Å². The Kier molecular flexibility index (Phi) is 9.84. The van der Waals surface area contributed by atoms with Crippen molar-refractivity contribution in [3.05, 3.63) is 78.5 Å². The van der Waals surface area contributed by atoms with Crippen molar-refractivity contribution in [3.63, 3.8) is 0 Å². The van der Waals surface area contributed by atoms with E-state index in [9.17, 15) is 14.4 Å². The Morgan fingerprint density at radius 3 is 2.38 bits per heavy atom. The number of esters is 2. The summed E-state index contributed by atoms with van der Waals surface area (Å²) in [6.07, 6.45) is 4.90. The van der Waals surface area contributed by atoms with Gasteiger partial charge in [-0.3, -0.25) is 14.2 Å². The molecule has 4 rings (SSSR count). The number of unbranched alkanes of at least 4 members (excludes halogenated alkanes) is 2. The number of ether oxygens (including phenoxy) is 5. The minimum absolute atomic E-state index is 0.213. The van der Waals surface area contributed by atoms with Crippen molar-refractivity contribution < 1.29 is 33.3 Å². The number of allylic oxidation sites excluding steroid dienone is 1. The number of carbonyl (C=O) groups excluding carboxylic acids is 2. The molecule has 42 heavy (non-hydrogen) atoms. The first-order valence-corrected chi connectivity index (χ1v) is 14.3. The standard InChI is InChI=1S/C31H34N2O8S/c1-7-8-9-14-40-22-12-10-20(15-24(22)37-4)16-26-29(35)33-28(27(30(36)39-6)18(2)32-31(33)42-26)21-11-13-23(41-19(3)34)25(17-21)38-5/h10-13,15-17,28H,7-9,14H2,1-6H3/b26-16+. The summed E-state index contributed by atoms with van der Waals surface area (Å²) in [6.45, 7) is 5.72. The molecule has 2 heterocycles. The zero-order valence-electron chi connectivity index (χ0n) is 24.5. The number of hydrogen-bond donors (Lipinski definition) is 0. The average Bonchev–Trinajstić information content (AvgIpc) is 3.28. The molecule has 0 fully saturated rings. The largest absolute Gasteiger partial charge is 0.493 e. The lowest BCUT2D eigenvalue weighted by molar-refractivity contribution is -0.136. The van der Waals surface area contributed by atoms with E-state index in [4.69, 9.17) is 23.7 Å². The number of benzene rings is 2. The van der Waals surface area contributed by atoms with Crippen molar-refractivity contribution in [1.29, 1.82) is 0 Å². The Balaban J connectivity index is 1.82. The fourth-order valence-corrected chi connectivity index (χ4v) is 5.73. The topological polar surface area (TPSA) is 115 Å². The van der Waals surface area contributed by atoms with Crippen LogP contribution in [0.25, 0.3) is 6.08 Å². The molecule has 1 atom stereocenters. The highest BCUT2D eigenvalue weighted by Gasteiger charge is 2.33. The quantitative estimate of drug-likeness (QED) is 0.187. The highest BCUT2D eigenvalue weighted by atomic mass is 32.1. The van der Waals surface area contributed by atoms with E-state index in [2.05, 4.69) is 11.9 Å². The second kappa shape index (κ2) is 13.5. The number of thiazole rings is 1. The highest BCUT2D eigenvalue weighted by Crippen LogP contribution is 2.36. The molecule has 0 saturated heterocycles. The molecule has 10 nitrogen and oxygen atoms in total. The van der Waals surface area contributed by atoms with E-state index < -0.39 is 18.0 Å². The second-order valence-electron chi connectivity index (χ2n) is 9.54. The monoisotopic (exact) mass is 594 g/mol. The van der Waals surface area contributed by atoms with E-state index in [1.54, 1.807) is 38.3 Å². The van der Waals surface area contributed by atoms with Crippen LogP contribution in [0.2, 0.25) is 0 Å². The summed E-state index contributed by atoms with van der Waals surface area (Å²) in [5.41, 5.74) is 1.60. The van der Waals surface area contributed by atoms with Crippen LogP contribution >= 0.6 is 11.3 Å². The van der Waals surface area contributed by atoms with E-state index in [1.165, 1.54) is 37.0 Å². The van der Waals surface area contributed by atoms with Crippen LogP contribution in [-0.4, -0.2) is 44.4 Å². The van der Waals surface area contributed by atoms with E-state index >= 15 is 0 Å². The molecule has 0 radical (unpaired) electrons. The second-order valence-corrected chi connectivity index (χ2v) is 10.6. The molecule has 0 spiro atoms. The fraction of sp³-hybridized carbons (Fsp3) is 0.355. The first-order valence-electron chi connectivity index (χ1n) is 13.5. The fourth-order valence-electron chi connectivity index (χ4n) is 4.68. The summed E-state index contributed by atoms with van der Waals surface area (Å²) >= 11 is 1.21. The van der Waals surface area contributed by atoms with Crippen molar-refractivity contribution >= 4 is 29.4 Å². The minimum atomic E-state index is -0.857. The van der Waals surface area contributed by atoms with Crippen LogP contribution in [-0.2, 0) is 14.3 Å². The van der Waals surface area contributed by atoms with Gasteiger partial charge in [-0.15, -0.1) is 0 Å². The van der Waals surface area contributed by atoms with Crippen LogP contribution in [0.1, 0.15) is 57.2 Å². The molecule has 1 aliphatic heterocycles. The van der Waals surface area contributed by atoms with Crippen molar-refractivity contribution in [2.75, 3.05) is 27.9 Å². The predicted octanol–water partition coefficient (Wildman–Crippen LogP) is 3.92. The molecule has 1 aliphatic rings. The summed E-state index contributed by atoms with van der Waals surface area (Å²) in [5, 5.41) is 0. The Hall–Kier alpha value is -4.38. The number of fused-ring (bicyclic) bond motifs is 1. The van der Waals surface area contributed by atoms with Gasteiger partial charge >= 0.3 is 11.9 Å². The van der Waals surface area contributed by atoms with Crippen molar-refractivity contribution in [2.24, 2.45) is 4.99 Å². The maximum Gasteiger partial charge on any atom is 0.338 e. The van der Waals surface area contributed by atoms with Gasteiger partial charge in [0.2, 0.25) is 0 Å². The van der Waals surface area contributed by atoms with Gasteiger partial charge in [0.25, 0.3) is 5.56 Å². The third-order valence-electron chi connectivity index (χ3n) is 6.68. The van der Waals surface area contributed by atoms with Crippen LogP contribution in [0.15, 0.2) is 57.5 Å². The SMILES string of the molecule is CCCCCOc1ccc(/C=c2/sc3n(c2=O)C(c2ccc(OC(C)=O)c(OC)c2)C(C(=O)OC)=C(C)N=3)cc1OC. The van der Waals surface area contributed by atoms with Crippen LogP contribution in [0, 0.1) is 0 Å². The molecule has 0 N–H and O–H groups in total. The van der Waals surface area contributed by atoms with Gasteiger partial charge in [-0.2, -0.15) is 0 Å². The molecule has 0 amide bonds. The van der Waals surface area contributed by atoms with Crippen LogP contribution in [0.3, 0.4) is 0 Å². The third kappa shape index (κ3) is 6.41. The van der Waals surface area contributed by atoms with Gasteiger partial charge in [-0.25, -0.2) is 9.79 Å².